The fourth-order valence-electron chi connectivity index (χ4n) is 1.98. The Bertz CT molecular complexity index is 511. The van der Waals surface area contributed by atoms with Crippen molar-refractivity contribution in [1.29, 1.82) is 0 Å². The average Bonchev–Trinajstić information content (AvgIpc) is 2.88. The molecule has 0 aromatic rings. The largest absolute Gasteiger partial charge is 0.347 e. The van der Waals surface area contributed by atoms with E-state index in [4.69, 9.17) is 9.79 Å². The Morgan fingerprint density at radius 2 is 2.09 bits per heavy atom. The van der Waals surface area contributed by atoms with Crippen LogP contribution in [0.3, 0.4) is 0 Å². The lowest BCUT2D eigenvalue weighted by atomic mass is 10.1. The molecule has 0 spiro atoms. The first-order chi connectivity index (χ1) is 10.6. The fraction of sp³-hybridized carbons (Fsp3) is 0.750. The Morgan fingerprint density at radius 3 is 2.57 bits per heavy atom. The summed E-state index contributed by atoms with van der Waals surface area (Å²) in [5, 5.41) is 7.27. The van der Waals surface area contributed by atoms with Crippen LogP contribution in [0.15, 0.2) is 0 Å². The maximum absolute atomic E-state index is 12.2. The first-order valence-corrected chi connectivity index (χ1v) is 10.2. The molecule has 0 unspecified atom stereocenters. The summed E-state index contributed by atoms with van der Waals surface area (Å²) < 4.78 is 11.1. The zero-order valence-corrected chi connectivity index (χ0v) is 14.7. The van der Waals surface area contributed by atoms with Crippen LogP contribution in [0.2, 0.25) is 0 Å². The lowest BCUT2D eigenvalue weighted by Crippen LogP contribution is -2.53. The number of hydrogen-bond acceptors (Lipinski definition) is 5. The lowest BCUT2D eigenvalue weighted by Gasteiger charge is -2.23. The molecular weight excluding hydrogens is 345 g/mol. The second-order valence-corrected chi connectivity index (χ2v) is 8.21. The zero-order chi connectivity index (χ0) is 17.6. The Labute approximate surface area is 138 Å². The summed E-state index contributed by atoms with van der Waals surface area (Å²) in [6.45, 7) is 1.20. The minimum absolute atomic E-state index is 0.217. The molecule has 1 aliphatic heterocycles. The highest BCUT2D eigenvalue weighted by Crippen LogP contribution is 2.39. The van der Waals surface area contributed by atoms with Gasteiger partial charge in [0.1, 0.15) is 17.9 Å². The van der Waals surface area contributed by atoms with Crippen molar-refractivity contribution in [2.75, 3.05) is 12.0 Å². The minimum Gasteiger partial charge on any atom is -0.344 e. The molecule has 0 aliphatic carbocycles. The second kappa shape index (κ2) is 8.68. The highest BCUT2D eigenvalue weighted by molar-refractivity contribution is 7.98. The Kier molecular flexibility index (Phi) is 7.53. The molecule has 1 aliphatic rings. The topological polar surface area (TPSA) is 145 Å². The van der Waals surface area contributed by atoms with Crippen molar-refractivity contribution in [3.05, 3.63) is 0 Å². The van der Waals surface area contributed by atoms with E-state index >= 15 is 0 Å². The number of carbonyl (C=O) groups excluding carboxylic acids is 3. The predicted molar refractivity (Wildman–Crippen MR) is 85.7 cm³/mol. The molecule has 1 fully saturated rings. The number of amides is 3. The second-order valence-electron chi connectivity index (χ2n) is 5.28. The third-order valence-electron chi connectivity index (χ3n) is 3.41. The van der Waals surface area contributed by atoms with E-state index in [0.29, 0.717) is 18.6 Å². The van der Waals surface area contributed by atoms with E-state index in [1.165, 1.54) is 18.7 Å². The third kappa shape index (κ3) is 6.50. The highest BCUT2D eigenvalue weighted by atomic mass is 32.2. The SMILES string of the molecule is CSCC[C@H](NC(=O)[C@@H]1CCC(=O)N1)C(=O)N[C@@H](C)P(=O)(O)O. The first kappa shape index (κ1) is 20.0. The van der Waals surface area contributed by atoms with Gasteiger partial charge in [0.05, 0.1) is 0 Å². The van der Waals surface area contributed by atoms with Crippen molar-refractivity contribution in [2.45, 2.75) is 44.1 Å². The van der Waals surface area contributed by atoms with Crippen molar-refractivity contribution < 1.29 is 28.7 Å². The molecular formula is C12H22N3O6PS. The molecule has 5 N–H and O–H groups in total. The van der Waals surface area contributed by atoms with Crippen LogP contribution in [0.1, 0.15) is 26.2 Å². The molecule has 3 amide bonds. The van der Waals surface area contributed by atoms with E-state index in [-0.39, 0.29) is 12.3 Å². The maximum Gasteiger partial charge on any atom is 0.347 e. The summed E-state index contributed by atoms with van der Waals surface area (Å²) in [6.07, 6.45) is 2.77. The molecule has 23 heavy (non-hydrogen) atoms. The van der Waals surface area contributed by atoms with E-state index in [9.17, 15) is 18.9 Å². The third-order valence-corrected chi connectivity index (χ3v) is 5.19. The summed E-state index contributed by atoms with van der Waals surface area (Å²) in [5.41, 5.74) is 0. The molecule has 0 radical (unpaired) electrons. The molecule has 0 aromatic carbocycles. The molecule has 11 heteroatoms. The summed E-state index contributed by atoms with van der Waals surface area (Å²) in [6, 6.07) is -1.59. The Morgan fingerprint density at radius 1 is 1.43 bits per heavy atom. The van der Waals surface area contributed by atoms with Gasteiger partial charge in [-0.3, -0.25) is 18.9 Å². The van der Waals surface area contributed by atoms with Gasteiger partial charge in [-0.25, -0.2) is 0 Å². The standard InChI is InChI=1S/C12H22N3O6PS/c1-7(22(19,20)21)13-11(17)9(5-6-23-2)15-12(18)8-3-4-10(16)14-8/h7-9H,3-6H2,1-2H3,(H,13,17)(H,14,16)(H,15,18)(H2,19,20,21)/t7-,8+,9+/m1/s1. The average molecular weight is 367 g/mol. The monoisotopic (exact) mass is 367 g/mol. The quantitative estimate of drug-likeness (QED) is 0.351. The van der Waals surface area contributed by atoms with Crippen LogP contribution in [-0.2, 0) is 18.9 Å². The van der Waals surface area contributed by atoms with E-state index in [2.05, 4.69) is 16.0 Å². The number of hydrogen-bond donors (Lipinski definition) is 5. The van der Waals surface area contributed by atoms with Crippen molar-refractivity contribution in [3.63, 3.8) is 0 Å². The van der Waals surface area contributed by atoms with E-state index in [1.54, 1.807) is 0 Å². The van der Waals surface area contributed by atoms with Crippen LogP contribution < -0.4 is 16.0 Å². The smallest absolute Gasteiger partial charge is 0.344 e. The molecule has 1 saturated heterocycles. The molecule has 0 aromatic heterocycles. The number of carbonyl (C=O) groups is 3. The normalized spacial score (nSPS) is 20.5. The first-order valence-electron chi connectivity index (χ1n) is 7.09. The molecule has 0 bridgehead atoms. The molecule has 132 valence electrons. The fourth-order valence-corrected chi connectivity index (χ4v) is 2.74. The van der Waals surface area contributed by atoms with Gasteiger partial charge in [0.15, 0.2) is 0 Å². The van der Waals surface area contributed by atoms with Crippen LogP contribution in [0, 0.1) is 0 Å². The van der Waals surface area contributed by atoms with Gasteiger partial charge in [0.25, 0.3) is 0 Å². The van der Waals surface area contributed by atoms with Crippen LogP contribution in [-0.4, -0.2) is 57.4 Å². The van der Waals surface area contributed by atoms with Crippen molar-refractivity contribution in [1.82, 2.24) is 16.0 Å². The minimum atomic E-state index is -4.45. The van der Waals surface area contributed by atoms with Crippen molar-refractivity contribution in [3.8, 4) is 0 Å². The van der Waals surface area contributed by atoms with Crippen molar-refractivity contribution >= 4 is 37.1 Å². The van der Waals surface area contributed by atoms with E-state index < -0.39 is 37.3 Å². The number of rotatable bonds is 8. The van der Waals surface area contributed by atoms with Gasteiger partial charge in [0, 0.05) is 6.42 Å². The van der Waals surface area contributed by atoms with Gasteiger partial charge in [-0.05, 0) is 31.8 Å². The summed E-state index contributed by atoms with van der Waals surface area (Å²) in [7, 11) is -4.45. The summed E-state index contributed by atoms with van der Waals surface area (Å²) in [4.78, 5) is 53.5. The van der Waals surface area contributed by atoms with Crippen LogP contribution in [0.25, 0.3) is 0 Å². The van der Waals surface area contributed by atoms with Gasteiger partial charge in [-0.1, -0.05) is 0 Å². The number of nitrogens with one attached hydrogen (secondary N) is 3. The number of thioether (sulfide) groups is 1. The molecule has 1 heterocycles. The molecule has 9 nitrogen and oxygen atoms in total. The maximum atomic E-state index is 12.2. The van der Waals surface area contributed by atoms with Gasteiger partial charge >= 0.3 is 7.60 Å². The van der Waals surface area contributed by atoms with Crippen molar-refractivity contribution in [2.24, 2.45) is 0 Å². The zero-order valence-electron chi connectivity index (χ0n) is 12.9. The Balaban J connectivity index is 2.67. The van der Waals surface area contributed by atoms with Gasteiger partial charge in [-0.2, -0.15) is 11.8 Å². The molecule has 1 rings (SSSR count). The van der Waals surface area contributed by atoms with Gasteiger partial charge in [0.2, 0.25) is 17.7 Å². The van der Waals surface area contributed by atoms with Crippen LogP contribution in [0.4, 0.5) is 0 Å². The summed E-state index contributed by atoms with van der Waals surface area (Å²) >= 11 is 1.48. The van der Waals surface area contributed by atoms with E-state index in [0.717, 1.165) is 0 Å². The van der Waals surface area contributed by atoms with Crippen LogP contribution in [0.5, 0.6) is 0 Å². The van der Waals surface area contributed by atoms with Gasteiger partial charge in [-0.15, -0.1) is 0 Å². The molecule has 0 saturated carbocycles. The summed E-state index contributed by atoms with van der Waals surface area (Å²) in [5.74, 6) is -2.10. The highest BCUT2D eigenvalue weighted by Gasteiger charge is 2.32. The Hall–Kier alpha value is -1.09. The van der Waals surface area contributed by atoms with Gasteiger partial charge < -0.3 is 25.7 Å². The van der Waals surface area contributed by atoms with Crippen LogP contribution >= 0.6 is 19.4 Å². The van der Waals surface area contributed by atoms with E-state index in [1.807, 2.05) is 6.26 Å². The lowest BCUT2D eigenvalue weighted by molar-refractivity contribution is -0.130. The predicted octanol–water partition coefficient (Wildman–Crippen LogP) is -0.857. The molecule has 3 atom stereocenters.